The molecular formula is C48H30F3N3. The summed E-state index contributed by atoms with van der Waals surface area (Å²) in [6.45, 7) is 0. The number of fused-ring (bicyclic) bond motifs is 6. The van der Waals surface area contributed by atoms with E-state index >= 15 is 0 Å². The highest BCUT2D eigenvalue weighted by Crippen LogP contribution is 2.47. The van der Waals surface area contributed by atoms with Gasteiger partial charge >= 0.3 is 0 Å². The van der Waals surface area contributed by atoms with Gasteiger partial charge in [-0.1, -0.05) is 54.6 Å². The molecule has 0 fully saturated rings. The summed E-state index contributed by atoms with van der Waals surface area (Å²) in [5, 5.41) is 2.94. The predicted octanol–water partition coefficient (Wildman–Crippen LogP) is 12.9. The molecule has 0 aliphatic rings. The minimum absolute atomic E-state index is 0.309. The van der Waals surface area contributed by atoms with Gasteiger partial charge in [-0.15, -0.1) is 0 Å². The van der Waals surface area contributed by atoms with E-state index in [1.807, 2.05) is 91.0 Å². The van der Waals surface area contributed by atoms with Crippen LogP contribution >= 0.6 is 0 Å². The number of halogens is 3. The molecule has 0 aliphatic heterocycles. The zero-order valence-corrected chi connectivity index (χ0v) is 28.8. The van der Waals surface area contributed by atoms with Gasteiger partial charge in [-0.2, -0.15) is 0 Å². The van der Waals surface area contributed by atoms with Gasteiger partial charge in [-0.3, -0.25) is 0 Å². The van der Waals surface area contributed by atoms with Gasteiger partial charge < -0.3 is 13.7 Å². The maximum atomic E-state index is 14.4. The molecule has 0 unspecified atom stereocenters. The van der Waals surface area contributed by atoms with Crippen LogP contribution in [0, 0.1) is 17.5 Å². The molecule has 3 nitrogen and oxygen atoms in total. The topological polar surface area (TPSA) is 14.8 Å². The van der Waals surface area contributed by atoms with E-state index in [-0.39, 0.29) is 17.5 Å². The van der Waals surface area contributed by atoms with Crippen molar-refractivity contribution in [3.63, 3.8) is 0 Å². The van der Waals surface area contributed by atoms with Gasteiger partial charge in [0.25, 0.3) is 0 Å². The van der Waals surface area contributed by atoms with E-state index in [1.54, 1.807) is 0 Å². The lowest BCUT2D eigenvalue weighted by atomic mass is 10.1. The zero-order chi connectivity index (χ0) is 36.3. The first kappa shape index (κ1) is 31.7. The average Bonchev–Trinajstić information content (AvgIpc) is 3.92. The lowest BCUT2D eigenvalue weighted by molar-refractivity contribution is 0.627. The summed E-state index contributed by atoms with van der Waals surface area (Å²) in [4.78, 5) is 0. The summed E-state index contributed by atoms with van der Waals surface area (Å²) in [7, 11) is 0. The van der Waals surface area contributed by atoms with Gasteiger partial charge in [0.15, 0.2) is 0 Å². The van der Waals surface area contributed by atoms with E-state index in [0.717, 1.165) is 83.5 Å². The molecule has 0 bridgehead atoms. The van der Waals surface area contributed by atoms with Crippen LogP contribution in [0.3, 0.4) is 0 Å². The van der Waals surface area contributed by atoms with Crippen molar-refractivity contribution < 1.29 is 13.2 Å². The smallest absolute Gasteiger partial charge is 0.123 e. The molecule has 0 N–H and O–H groups in total. The first-order valence-electron chi connectivity index (χ1n) is 17.8. The van der Waals surface area contributed by atoms with E-state index in [9.17, 15) is 13.2 Å². The second kappa shape index (κ2) is 12.6. The highest BCUT2D eigenvalue weighted by atomic mass is 19.1. The van der Waals surface area contributed by atoms with Gasteiger partial charge in [-0.25, -0.2) is 13.2 Å². The lowest BCUT2D eigenvalue weighted by Crippen LogP contribution is -2.00. The van der Waals surface area contributed by atoms with E-state index < -0.39 is 0 Å². The summed E-state index contributed by atoms with van der Waals surface area (Å²) >= 11 is 0. The number of nitrogens with zero attached hydrogens (tertiary/aromatic N) is 3. The maximum Gasteiger partial charge on any atom is 0.123 e. The van der Waals surface area contributed by atoms with Crippen LogP contribution in [-0.2, 0) is 0 Å². The summed E-state index contributed by atoms with van der Waals surface area (Å²) in [5.41, 5.74) is 11.0. The third-order valence-electron chi connectivity index (χ3n) is 10.2. The van der Waals surface area contributed by atoms with Crippen molar-refractivity contribution in [1.82, 2.24) is 13.7 Å². The van der Waals surface area contributed by atoms with Crippen LogP contribution in [-0.4, -0.2) is 13.7 Å². The fraction of sp³-hybridized carbons (Fsp3) is 0. The summed E-state index contributed by atoms with van der Waals surface area (Å²) in [6.07, 6.45) is 0. The van der Waals surface area contributed by atoms with Gasteiger partial charge in [-0.05, 0) is 144 Å². The van der Waals surface area contributed by atoms with Crippen molar-refractivity contribution >= 4 is 32.7 Å². The highest BCUT2D eigenvalue weighted by Gasteiger charge is 2.27. The van der Waals surface area contributed by atoms with Gasteiger partial charge in [0.1, 0.15) is 17.5 Å². The molecule has 0 radical (unpaired) electrons. The van der Waals surface area contributed by atoms with E-state index in [4.69, 9.17) is 0 Å². The summed E-state index contributed by atoms with van der Waals surface area (Å²) < 4.78 is 50.0. The molecule has 3 heterocycles. The van der Waals surface area contributed by atoms with E-state index in [2.05, 4.69) is 68.3 Å². The first-order valence-corrected chi connectivity index (χ1v) is 17.8. The molecule has 0 saturated heterocycles. The Morgan fingerprint density at radius 2 is 0.519 bits per heavy atom. The van der Waals surface area contributed by atoms with Crippen LogP contribution in [0.25, 0.3) is 83.5 Å². The molecule has 0 atom stereocenters. The molecule has 258 valence electrons. The summed E-state index contributed by atoms with van der Waals surface area (Å²) in [5.74, 6) is -0.926. The van der Waals surface area contributed by atoms with Crippen molar-refractivity contribution in [1.29, 1.82) is 0 Å². The number of benzene rings is 7. The Labute approximate surface area is 309 Å². The lowest BCUT2D eigenvalue weighted by Gasteiger charge is -2.15. The van der Waals surface area contributed by atoms with Crippen LogP contribution in [0.1, 0.15) is 0 Å². The number of rotatable bonds is 6. The largest absolute Gasteiger partial charge is 0.309 e. The van der Waals surface area contributed by atoms with Gasteiger partial charge in [0, 0.05) is 33.2 Å². The highest BCUT2D eigenvalue weighted by molar-refractivity contribution is 6.27. The van der Waals surface area contributed by atoms with Crippen molar-refractivity contribution in [2.75, 3.05) is 0 Å². The minimum atomic E-state index is -0.309. The molecule has 0 aliphatic carbocycles. The Morgan fingerprint density at radius 3 is 0.759 bits per heavy atom. The number of hydrogen-bond acceptors (Lipinski definition) is 0. The zero-order valence-electron chi connectivity index (χ0n) is 28.8. The Hall–Kier alpha value is -7.05. The predicted molar refractivity (Wildman–Crippen MR) is 213 cm³/mol. The molecule has 0 saturated carbocycles. The third kappa shape index (κ3) is 5.06. The van der Waals surface area contributed by atoms with Crippen LogP contribution in [0.15, 0.2) is 182 Å². The third-order valence-corrected chi connectivity index (χ3v) is 10.2. The van der Waals surface area contributed by atoms with Crippen molar-refractivity contribution in [2.24, 2.45) is 0 Å². The number of aromatic nitrogens is 3. The molecular weight excluding hydrogens is 676 g/mol. The molecule has 6 heteroatoms. The standard InChI is InChI=1S/C48H30F3N3/c49-34-22-16-31(17-23-34)43-28-40-46(52(43)37-10-4-1-5-11-37)41-29-44(32-18-24-35(50)25-19-32)53(38-12-6-2-7-13-38)48(41)42-30-45(33-20-26-36(51)27-21-33)54(47(40)42)39-14-8-3-9-15-39/h1-30H. The molecule has 10 rings (SSSR count). The quantitative estimate of drug-likeness (QED) is 0.164. The second-order valence-corrected chi connectivity index (χ2v) is 13.4. The van der Waals surface area contributed by atoms with Gasteiger partial charge in [0.05, 0.1) is 33.6 Å². The van der Waals surface area contributed by atoms with E-state index in [0.29, 0.717) is 0 Å². The fourth-order valence-corrected chi connectivity index (χ4v) is 7.90. The van der Waals surface area contributed by atoms with Crippen LogP contribution in [0.4, 0.5) is 13.2 Å². The van der Waals surface area contributed by atoms with E-state index in [1.165, 1.54) is 36.4 Å². The molecule has 3 aromatic heterocycles. The first-order chi connectivity index (χ1) is 26.5. The van der Waals surface area contributed by atoms with Crippen LogP contribution < -0.4 is 0 Å². The Kier molecular flexibility index (Phi) is 7.37. The SMILES string of the molecule is Fc1ccc(-c2cc3c(c4cc(-c5ccc(F)cc5)n(-c5ccccc5)c4c4cc(-c5ccc(F)cc5)n(-c5ccccc5)c34)n2-c2ccccc2)cc1. The molecule has 0 spiro atoms. The molecule has 54 heavy (non-hydrogen) atoms. The molecule has 7 aromatic carbocycles. The monoisotopic (exact) mass is 705 g/mol. The van der Waals surface area contributed by atoms with Crippen LogP contribution in [0.5, 0.6) is 0 Å². The fourth-order valence-electron chi connectivity index (χ4n) is 7.90. The molecule has 0 amide bonds. The second-order valence-electron chi connectivity index (χ2n) is 13.4. The van der Waals surface area contributed by atoms with Crippen LogP contribution in [0.2, 0.25) is 0 Å². The summed E-state index contributed by atoms with van der Waals surface area (Å²) in [6, 6.07) is 57.0. The molecule has 10 aromatic rings. The Morgan fingerprint density at radius 1 is 0.278 bits per heavy atom. The van der Waals surface area contributed by atoms with Gasteiger partial charge in [0.2, 0.25) is 0 Å². The normalized spacial score (nSPS) is 11.6. The average molecular weight is 706 g/mol. The maximum absolute atomic E-state index is 14.4. The Bertz CT molecular complexity index is 2600. The van der Waals surface area contributed by atoms with Crippen molar-refractivity contribution in [3.05, 3.63) is 199 Å². The van der Waals surface area contributed by atoms with Crippen molar-refractivity contribution in [2.45, 2.75) is 0 Å². The minimum Gasteiger partial charge on any atom is -0.309 e. The van der Waals surface area contributed by atoms with Crippen molar-refractivity contribution in [3.8, 4) is 50.8 Å². The number of hydrogen-bond donors (Lipinski definition) is 0. The Balaban J connectivity index is 1.49. The number of para-hydroxylation sites is 3.